The number of rotatable bonds is 6. The number of amides is 1. The number of carbonyl (C=O) groups excluding carboxylic acids is 1. The third-order valence-corrected chi connectivity index (χ3v) is 3.00. The Balaban J connectivity index is 1.51. The average molecular weight is 213 g/mol. The molecule has 1 aliphatic heterocycles. The quantitative estimate of drug-likeness (QED) is 0.644. The summed E-state index contributed by atoms with van der Waals surface area (Å²) < 4.78 is 5.38. The molecular weight excluding hydrogens is 194 g/mol. The fourth-order valence-corrected chi connectivity index (χ4v) is 1.86. The van der Waals surface area contributed by atoms with E-state index in [1.807, 2.05) is 4.90 Å². The Morgan fingerprint density at radius 3 is 2.73 bits per heavy atom. The van der Waals surface area contributed by atoms with Crippen LogP contribution in [-0.4, -0.2) is 48.8 Å². The summed E-state index contributed by atoms with van der Waals surface area (Å²) in [6.07, 6.45) is 2.89. The van der Waals surface area contributed by atoms with E-state index in [0.717, 1.165) is 32.5 Å². The van der Waals surface area contributed by atoms with Gasteiger partial charge in [0.15, 0.2) is 0 Å². The van der Waals surface area contributed by atoms with E-state index in [1.54, 1.807) is 0 Å². The van der Waals surface area contributed by atoms with Crippen LogP contribution in [-0.2, 0) is 9.53 Å². The molecule has 0 spiro atoms. The number of likely N-dealkylation sites (tertiary alicyclic amines) is 1. The van der Waals surface area contributed by atoms with Gasteiger partial charge >= 0.3 is 0 Å². The summed E-state index contributed by atoms with van der Waals surface area (Å²) in [5.74, 6) is 1.22. The lowest BCUT2D eigenvalue weighted by molar-refractivity contribution is -0.140. The normalized spacial score (nSPS) is 21.5. The van der Waals surface area contributed by atoms with Crippen LogP contribution in [0.5, 0.6) is 0 Å². The van der Waals surface area contributed by atoms with E-state index < -0.39 is 0 Å². The van der Waals surface area contributed by atoms with Gasteiger partial charge in [-0.25, -0.2) is 0 Å². The van der Waals surface area contributed by atoms with Crippen molar-refractivity contribution in [3.05, 3.63) is 0 Å². The number of ether oxygens (including phenoxy) is 1. The van der Waals surface area contributed by atoms with Crippen molar-refractivity contribution in [1.82, 2.24) is 4.90 Å². The average Bonchev–Trinajstić information content (AvgIpc) is 2.97. The second kappa shape index (κ2) is 4.94. The molecule has 1 heterocycles. The molecule has 1 saturated carbocycles. The number of hydrogen-bond acceptors (Lipinski definition) is 3. The van der Waals surface area contributed by atoms with E-state index in [4.69, 9.17) is 9.84 Å². The summed E-state index contributed by atoms with van der Waals surface area (Å²) in [7, 11) is 0. The summed E-state index contributed by atoms with van der Waals surface area (Å²) >= 11 is 0. The van der Waals surface area contributed by atoms with Gasteiger partial charge in [0.2, 0.25) is 5.91 Å². The molecule has 0 radical (unpaired) electrons. The van der Waals surface area contributed by atoms with Crippen molar-refractivity contribution in [2.45, 2.75) is 19.3 Å². The fraction of sp³-hybridized carbons (Fsp3) is 0.909. The SMILES string of the molecule is O=C(C1CC1)N1CC(COCCCO)C1. The molecule has 86 valence electrons. The van der Waals surface area contributed by atoms with E-state index in [1.165, 1.54) is 0 Å². The Hall–Kier alpha value is -0.610. The molecule has 15 heavy (non-hydrogen) atoms. The van der Waals surface area contributed by atoms with Gasteiger partial charge in [-0.2, -0.15) is 0 Å². The van der Waals surface area contributed by atoms with Gasteiger partial charge in [0, 0.05) is 38.1 Å². The van der Waals surface area contributed by atoms with Crippen LogP contribution < -0.4 is 0 Å². The van der Waals surface area contributed by atoms with Crippen LogP contribution in [0.2, 0.25) is 0 Å². The highest BCUT2D eigenvalue weighted by Crippen LogP contribution is 2.33. The zero-order valence-corrected chi connectivity index (χ0v) is 9.02. The maximum absolute atomic E-state index is 11.6. The predicted octanol–water partition coefficient (Wildman–Crippen LogP) is 0.254. The number of carbonyl (C=O) groups is 1. The van der Waals surface area contributed by atoms with Crippen LogP contribution in [0.1, 0.15) is 19.3 Å². The first-order valence-electron chi connectivity index (χ1n) is 5.78. The molecule has 1 amide bonds. The van der Waals surface area contributed by atoms with Gasteiger partial charge in [0.05, 0.1) is 6.61 Å². The van der Waals surface area contributed by atoms with Crippen LogP contribution >= 0.6 is 0 Å². The van der Waals surface area contributed by atoms with Gasteiger partial charge in [-0.05, 0) is 19.3 Å². The summed E-state index contributed by atoms with van der Waals surface area (Å²) in [5, 5.41) is 8.55. The standard InChI is InChI=1S/C11H19NO3/c13-4-1-5-15-8-9-6-12(7-9)11(14)10-2-3-10/h9-10,13H,1-8H2. The molecule has 2 fully saturated rings. The molecule has 0 aromatic heterocycles. The smallest absolute Gasteiger partial charge is 0.225 e. The summed E-state index contributed by atoms with van der Waals surface area (Å²) in [6.45, 7) is 3.29. The molecular formula is C11H19NO3. The third kappa shape index (κ3) is 2.92. The molecule has 0 unspecified atom stereocenters. The summed E-state index contributed by atoms with van der Waals surface area (Å²) in [6, 6.07) is 0. The minimum Gasteiger partial charge on any atom is -0.396 e. The van der Waals surface area contributed by atoms with Crippen LogP contribution in [0.4, 0.5) is 0 Å². The number of aliphatic hydroxyl groups is 1. The molecule has 2 rings (SSSR count). The van der Waals surface area contributed by atoms with Crippen molar-refractivity contribution in [2.75, 3.05) is 32.9 Å². The van der Waals surface area contributed by atoms with Crippen molar-refractivity contribution in [3.63, 3.8) is 0 Å². The largest absolute Gasteiger partial charge is 0.396 e. The highest BCUT2D eigenvalue weighted by Gasteiger charge is 2.38. The van der Waals surface area contributed by atoms with Crippen molar-refractivity contribution < 1.29 is 14.6 Å². The molecule has 2 aliphatic rings. The van der Waals surface area contributed by atoms with Gasteiger partial charge in [-0.1, -0.05) is 0 Å². The molecule has 0 aromatic carbocycles. The Labute approximate surface area is 90.2 Å². The number of hydrogen-bond donors (Lipinski definition) is 1. The van der Waals surface area contributed by atoms with Gasteiger partial charge in [0.1, 0.15) is 0 Å². The molecule has 1 aliphatic carbocycles. The van der Waals surface area contributed by atoms with Crippen LogP contribution in [0, 0.1) is 11.8 Å². The maximum Gasteiger partial charge on any atom is 0.225 e. The van der Waals surface area contributed by atoms with Crippen LogP contribution in [0.15, 0.2) is 0 Å². The first-order valence-corrected chi connectivity index (χ1v) is 5.78. The molecule has 1 N–H and O–H groups in total. The highest BCUT2D eigenvalue weighted by atomic mass is 16.5. The molecule has 0 bridgehead atoms. The zero-order valence-electron chi connectivity index (χ0n) is 9.02. The monoisotopic (exact) mass is 213 g/mol. The van der Waals surface area contributed by atoms with Crippen molar-refractivity contribution in [3.8, 4) is 0 Å². The predicted molar refractivity (Wildman–Crippen MR) is 55.3 cm³/mol. The van der Waals surface area contributed by atoms with Gasteiger partial charge in [-0.3, -0.25) is 4.79 Å². The first-order chi connectivity index (χ1) is 7.31. The van der Waals surface area contributed by atoms with E-state index in [9.17, 15) is 4.79 Å². The van der Waals surface area contributed by atoms with E-state index in [0.29, 0.717) is 30.8 Å². The zero-order chi connectivity index (χ0) is 10.7. The molecule has 0 atom stereocenters. The lowest BCUT2D eigenvalue weighted by Crippen LogP contribution is -2.52. The molecule has 1 saturated heterocycles. The second-order valence-electron chi connectivity index (χ2n) is 4.54. The highest BCUT2D eigenvalue weighted by molar-refractivity contribution is 5.81. The molecule has 4 nitrogen and oxygen atoms in total. The Bertz CT molecular complexity index is 222. The number of nitrogens with zero attached hydrogens (tertiary/aromatic N) is 1. The van der Waals surface area contributed by atoms with Gasteiger partial charge < -0.3 is 14.7 Å². The first kappa shape index (κ1) is 10.9. The van der Waals surface area contributed by atoms with Crippen molar-refractivity contribution in [2.24, 2.45) is 11.8 Å². The van der Waals surface area contributed by atoms with Crippen molar-refractivity contribution >= 4 is 5.91 Å². The van der Waals surface area contributed by atoms with Crippen molar-refractivity contribution in [1.29, 1.82) is 0 Å². The molecule has 0 aromatic rings. The topological polar surface area (TPSA) is 49.8 Å². The fourth-order valence-electron chi connectivity index (χ4n) is 1.86. The Kier molecular flexibility index (Phi) is 3.59. The summed E-state index contributed by atoms with van der Waals surface area (Å²) in [5.41, 5.74) is 0. The minimum atomic E-state index is 0.191. The van der Waals surface area contributed by atoms with E-state index in [2.05, 4.69) is 0 Å². The van der Waals surface area contributed by atoms with Crippen LogP contribution in [0.3, 0.4) is 0 Å². The van der Waals surface area contributed by atoms with Crippen LogP contribution in [0.25, 0.3) is 0 Å². The Morgan fingerprint density at radius 1 is 1.40 bits per heavy atom. The van der Waals surface area contributed by atoms with Gasteiger partial charge in [0.25, 0.3) is 0 Å². The maximum atomic E-state index is 11.6. The third-order valence-electron chi connectivity index (χ3n) is 3.00. The Morgan fingerprint density at radius 2 is 2.13 bits per heavy atom. The molecule has 4 heteroatoms. The van der Waals surface area contributed by atoms with E-state index in [-0.39, 0.29) is 6.61 Å². The van der Waals surface area contributed by atoms with E-state index >= 15 is 0 Å². The summed E-state index contributed by atoms with van der Waals surface area (Å²) in [4.78, 5) is 13.5. The van der Waals surface area contributed by atoms with Gasteiger partial charge in [-0.15, -0.1) is 0 Å². The minimum absolute atomic E-state index is 0.191. The lowest BCUT2D eigenvalue weighted by Gasteiger charge is -2.39. The lowest BCUT2D eigenvalue weighted by atomic mass is 10.0. The number of aliphatic hydroxyl groups excluding tert-OH is 1. The second-order valence-corrected chi connectivity index (χ2v) is 4.54.